The summed E-state index contributed by atoms with van der Waals surface area (Å²) >= 11 is 0. The van der Waals surface area contributed by atoms with Gasteiger partial charge >= 0.3 is 0 Å². The summed E-state index contributed by atoms with van der Waals surface area (Å²) in [6, 6.07) is 7.88. The second-order valence-electron chi connectivity index (χ2n) is 7.91. The molecule has 4 heterocycles. The molecule has 1 N–H and O–H groups in total. The molecule has 1 aliphatic rings. The van der Waals surface area contributed by atoms with Crippen LogP contribution in [0.4, 0.5) is 11.8 Å². The molecular weight excluding hydrogens is 390 g/mol. The molecule has 0 radical (unpaired) electrons. The fourth-order valence-corrected chi connectivity index (χ4v) is 3.92. The summed E-state index contributed by atoms with van der Waals surface area (Å²) in [4.78, 5) is 27.9. The average molecular weight is 418 g/mol. The molecule has 0 spiro atoms. The largest absolute Gasteiger partial charge is 0.339 e. The van der Waals surface area contributed by atoms with Gasteiger partial charge in [-0.1, -0.05) is 0 Å². The third-order valence-corrected chi connectivity index (χ3v) is 5.47. The van der Waals surface area contributed by atoms with Crippen LogP contribution in [0.15, 0.2) is 42.7 Å². The Kier molecular flexibility index (Phi) is 6.06. The minimum absolute atomic E-state index is 0.0296. The standard InChI is InChI=1S/C23H27N7O/c1-16-13-17(2)27-23(26-16)28-21-14-18(8-10-24-21)19-5-4-12-30(15-19)22(31)7-6-20-9-11-25-29(20)3/h6-11,13-14,19H,4-5,12,15H2,1-3H3,(H,24,26,27,28). The smallest absolute Gasteiger partial charge is 0.246 e. The highest BCUT2D eigenvalue weighted by Crippen LogP contribution is 2.28. The number of aryl methyl sites for hydroxylation is 3. The molecular formula is C23H27N7O. The number of likely N-dealkylation sites (tertiary alicyclic amines) is 1. The normalized spacial score (nSPS) is 16.6. The van der Waals surface area contributed by atoms with E-state index in [1.807, 2.05) is 56.1 Å². The van der Waals surface area contributed by atoms with Crippen LogP contribution in [0.1, 0.15) is 41.4 Å². The minimum atomic E-state index is 0.0296. The van der Waals surface area contributed by atoms with Gasteiger partial charge in [0.15, 0.2) is 0 Å². The van der Waals surface area contributed by atoms with Crippen molar-refractivity contribution < 1.29 is 4.79 Å². The minimum Gasteiger partial charge on any atom is -0.339 e. The summed E-state index contributed by atoms with van der Waals surface area (Å²) in [5.74, 6) is 1.55. The van der Waals surface area contributed by atoms with E-state index in [-0.39, 0.29) is 11.8 Å². The van der Waals surface area contributed by atoms with Gasteiger partial charge in [-0.15, -0.1) is 0 Å². The van der Waals surface area contributed by atoms with Crippen molar-refractivity contribution in [3.05, 3.63) is 65.4 Å². The van der Waals surface area contributed by atoms with Crippen LogP contribution in [-0.4, -0.2) is 48.6 Å². The van der Waals surface area contributed by atoms with Crippen molar-refractivity contribution in [1.82, 2.24) is 29.6 Å². The van der Waals surface area contributed by atoms with E-state index < -0.39 is 0 Å². The van der Waals surface area contributed by atoms with Crippen LogP contribution in [0, 0.1) is 13.8 Å². The zero-order valence-corrected chi connectivity index (χ0v) is 18.1. The number of carbonyl (C=O) groups is 1. The van der Waals surface area contributed by atoms with Gasteiger partial charge in [0, 0.05) is 55.9 Å². The molecule has 1 atom stereocenters. The first-order valence-corrected chi connectivity index (χ1v) is 10.5. The van der Waals surface area contributed by atoms with Gasteiger partial charge in [0.1, 0.15) is 5.82 Å². The van der Waals surface area contributed by atoms with Crippen molar-refractivity contribution in [3.63, 3.8) is 0 Å². The molecule has 4 rings (SSSR count). The second-order valence-corrected chi connectivity index (χ2v) is 7.91. The molecule has 31 heavy (non-hydrogen) atoms. The van der Waals surface area contributed by atoms with E-state index in [1.54, 1.807) is 23.2 Å². The highest BCUT2D eigenvalue weighted by Gasteiger charge is 2.24. The number of aromatic nitrogens is 5. The first kappa shape index (κ1) is 20.7. The van der Waals surface area contributed by atoms with Crippen molar-refractivity contribution in [3.8, 4) is 0 Å². The molecule has 1 amide bonds. The van der Waals surface area contributed by atoms with Crippen LogP contribution in [-0.2, 0) is 11.8 Å². The summed E-state index contributed by atoms with van der Waals surface area (Å²) in [6.07, 6.45) is 8.98. The van der Waals surface area contributed by atoms with E-state index in [4.69, 9.17) is 0 Å². The van der Waals surface area contributed by atoms with Gasteiger partial charge in [-0.05, 0) is 62.6 Å². The Morgan fingerprint density at radius 2 is 1.97 bits per heavy atom. The number of hydrogen-bond donors (Lipinski definition) is 1. The summed E-state index contributed by atoms with van der Waals surface area (Å²) in [6.45, 7) is 5.36. The fraction of sp³-hybridized carbons (Fsp3) is 0.348. The third kappa shape index (κ3) is 5.14. The van der Waals surface area contributed by atoms with E-state index in [0.717, 1.165) is 42.0 Å². The molecule has 3 aromatic rings. The molecule has 0 saturated carbocycles. The maximum Gasteiger partial charge on any atom is 0.246 e. The molecule has 3 aromatic heterocycles. The van der Waals surface area contributed by atoms with Gasteiger partial charge in [-0.25, -0.2) is 15.0 Å². The van der Waals surface area contributed by atoms with Crippen LogP contribution in [0.2, 0.25) is 0 Å². The van der Waals surface area contributed by atoms with Crippen LogP contribution < -0.4 is 5.32 Å². The molecule has 8 nitrogen and oxygen atoms in total. The van der Waals surface area contributed by atoms with Crippen molar-refractivity contribution in [2.75, 3.05) is 18.4 Å². The van der Waals surface area contributed by atoms with Gasteiger partial charge < -0.3 is 10.2 Å². The first-order valence-electron chi connectivity index (χ1n) is 10.5. The lowest BCUT2D eigenvalue weighted by Crippen LogP contribution is -2.38. The van der Waals surface area contributed by atoms with Crippen molar-refractivity contribution in [2.45, 2.75) is 32.6 Å². The number of nitrogens with one attached hydrogen (secondary N) is 1. The van der Waals surface area contributed by atoms with E-state index in [2.05, 4.69) is 25.4 Å². The monoisotopic (exact) mass is 417 g/mol. The molecule has 1 fully saturated rings. The highest BCUT2D eigenvalue weighted by molar-refractivity contribution is 5.91. The van der Waals surface area contributed by atoms with Crippen LogP contribution in [0.5, 0.6) is 0 Å². The lowest BCUT2D eigenvalue weighted by atomic mass is 9.91. The van der Waals surface area contributed by atoms with E-state index in [9.17, 15) is 4.79 Å². The third-order valence-electron chi connectivity index (χ3n) is 5.47. The maximum absolute atomic E-state index is 12.7. The second kappa shape index (κ2) is 9.07. The Labute approximate surface area is 182 Å². The van der Waals surface area contributed by atoms with Gasteiger partial charge in [-0.3, -0.25) is 9.48 Å². The Balaban J connectivity index is 1.44. The highest BCUT2D eigenvalue weighted by atomic mass is 16.2. The van der Waals surface area contributed by atoms with Gasteiger partial charge in [-0.2, -0.15) is 5.10 Å². The van der Waals surface area contributed by atoms with E-state index >= 15 is 0 Å². The van der Waals surface area contributed by atoms with Crippen LogP contribution >= 0.6 is 0 Å². The molecule has 1 aliphatic heterocycles. The zero-order chi connectivity index (χ0) is 21.8. The first-order chi connectivity index (χ1) is 15.0. The fourth-order valence-electron chi connectivity index (χ4n) is 3.92. The summed E-state index contributed by atoms with van der Waals surface area (Å²) in [5, 5.41) is 7.33. The molecule has 8 heteroatoms. The predicted octanol–water partition coefficient (Wildman–Crippen LogP) is 3.38. The van der Waals surface area contributed by atoms with E-state index in [0.29, 0.717) is 18.3 Å². The number of hydrogen-bond acceptors (Lipinski definition) is 6. The SMILES string of the molecule is Cc1cc(C)nc(Nc2cc(C3CCCN(C(=O)C=Cc4ccnn4C)C3)ccn2)n1. The Bertz CT molecular complexity index is 1080. The summed E-state index contributed by atoms with van der Waals surface area (Å²) < 4.78 is 1.74. The average Bonchev–Trinajstić information content (AvgIpc) is 3.16. The summed E-state index contributed by atoms with van der Waals surface area (Å²) in [7, 11) is 1.86. The number of carbonyl (C=O) groups excluding carboxylic acids is 1. The number of anilines is 2. The van der Waals surface area contributed by atoms with Gasteiger partial charge in [0.2, 0.25) is 11.9 Å². The lowest BCUT2D eigenvalue weighted by Gasteiger charge is -2.32. The zero-order valence-electron chi connectivity index (χ0n) is 18.1. The summed E-state index contributed by atoms with van der Waals surface area (Å²) in [5.41, 5.74) is 3.88. The molecule has 1 saturated heterocycles. The molecule has 1 unspecified atom stereocenters. The Morgan fingerprint density at radius 3 is 2.71 bits per heavy atom. The lowest BCUT2D eigenvalue weighted by molar-refractivity contribution is -0.127. The van der Waals surface area contributed by atoms with Gasteiger partial charge in [0.05, 0.1) is 5.69 Å². The van der Waals surface area contributed by atoms with E-state index in [1.165, 1.54) is 0 Å². The Morgan fingerprint density at radius 1 is 1.16 bits per heavy atom. The van der Waals surface area contributed by atoms with Crippen molar-refractivity contribution in [2.24, 2.45) is 7.05 Å². The van der Waals surface area contributed by atoms with Crippen molar-refractivity contribution in [1.29, 1.82) is 0 Å². The van der Waals surface area contributed by atoms with Crippen LogP contribution in [0.25, 0.3) is 6.08 Å². The molecule has 0 bridgehead atoms. The number of amides is 1. The van der Waals surface area contributed by atoms with Gasteiger partial charge in [0.25, 0.3) is 0 Å². The number of rotatable bonds is 5. The van der Waals surface area contributed by atoms with Crippen LogP contribution in [0.3, 0.4) is 0 Å². The Hall–Kier alpha value is -3.55. The van der Waals surface area contributed by atoms with Crippen molar-refractivity contribution >= 4 is 23.7 Å². The quantitative estimate of drug-likeness (QED) is 0.640. The number of piperidine rings is 1. The predicted molar refractivity (Wildman–Crippen MR) is 120 cm³/mol. The molecule has 160 valence electrons. The number of pyridine rings is 1. The number of nitrogens with zero attached hydrogens (tertiary/aromatic N) is 6. The molecule has 0 aliphatic carbocycles. The topological polar surface area (TPSA) is 88.8 Å². The maximum atomic E-state index is 12.7. The molecule has 0 aromatic carbocycles.